The summed E-state index contributed by atoms with van der Waals surface area (Å²) >= 11 is 1.59. The molecule has 1 saturated heterocycles. The van der Waals surface area contributed by atoms with E-state index >= 15 is 0 Å². The average molecular weight is 426 g/mol. The van der Waals surface area contributed by atoms with Gasteiger partial charge in [0, 0.05) is 26.0 Å². The molecule has 3 aromatic rings. The largest absolute Gasteiger partial charge is 0.379 e. The molecule has 0 spiro atoms. The number of thiophene rings is 1. The Kier molecular flexibility index (Phi) is 7.29. The first-order chi connectivity index (χ1) is 14.8. The van der Waals surface area contributed by atoms with Gasteiger partial charge in [0.2, 0.25) is 0 Å². The first-order valence-corrected chi connectivity index (χ1v) is 11.3. The van der Waals surface area contributed by atoms with E-state index in [2.05, 4.69) is 17.4 Å². The highest BCUT2D eigenvalue weighted by Gasteiger charge is 2.19. The van der Waals surface area contributed by atoms with E-state index in [1.165, 1.54) is 0 Å². The van der Waals surface area contributed by atoms with Crippen LogP contribution in [-0.4, -0.2) is 48.2 Å². The van der Waals surface area contributed by atoms with E-state index in [1.807, 2.05) is 46.6 Å². The number of aromatic nitrogens is 2. The second kappa shape index (κ2) is 10.5. The fourth-order valence-corrected chi connectivity index (χ4v) is 4.22. The predicted molar refractivity (Wildman–Crippen MR) is 118 cm³/mol. The Morgan fingerprint density at radius 3 is 2.93 bits per heavy atom. The van der Waals surface area contributed by atoms with Crippen LogP contribution in [0.25, 0.3) is 10.6 Å². The van der Waals surface area contributed by atoms with Crippen molar-refractivity contribution in [1.29, 1.82) is 0 Å². The Balaban J connectivity index is 1.33. The summed E-state index contributed by atoms with van der Waals surface area (Å²) in [5.74, 6) is -0.100. The molecule has 1 N–H and O–H groups in total. The molecule has 0 aliphatic carbocycles. The lowest BCUT2D eigenvalue weighted by Gasteiger charge is -2.10. The standard InChI is InChI=1S/C23H27N3O3S/c27-23(24-11-6-12-28-17-19-9-4-13-29-19)20-16-26(15-18-7-2-1-3-8-18)25-22(20)21-10-5-14-30-21/h1-3,5,7-8,10,14,16,19H,4,6,9,11-13,15,17H2,(H,24,27). The number of benzene rings is 1. The third-order valence-corrected chi connectivity index (χ3v) is 5.90. The minimum Gasteiger partial charge on any atom is -0.379 e. The molecule has 30 heavy (non-hydrogen) atoms. The van der Waals surface area contributed by atoms with Crippen molar-refractivity contribution in [3.63, 3.8) is 0 Å². The summed E-state index contributed by atoms with van der Waals surface area (Å²) in [6.45, 7) is 3.30. The lowest BCUT2D eigenvalue weighted by molar-refractivity contribution is 0.0166. The zero-order valence-corrected chi connectivity index (χ0v) is 17.8. The van der Waals surface area contributed by atoms with E-state index in [9.17, 15) is 4.79 Å². The van der Waals surface area contributed by atoms with Crippen molar-refractivity contribution in [2.45, 2.75) is 31.9 Å². The van der Waals surface area contributed by atoms with Gasteiger partial charge in [-0.1, -0.05) is 36.4 Å². The molecular formula is C23H27N3O3S. The molecule has 1 atom stereocenters. The second-order valence-electron chi connectivity index (χ2n) is 7.37. The summed E-state index contributed by atoms with van der Waals surface area (Å²) in [6.07, 6.45) is 5.04. The molecule has 4 rings (SSSR count). The highest BCUT2D eigenvalue weighted by atomic mass is 32.1. The van der Waals surface area contributed by atoms with Crippen LogP contribution in [0.2, 0.25) is 0 Å². The summed E-state index contributed by atoms with van der Waals surface area (Å²) in [6, 6.07) is 14.1. The maximum atomic E-state index is 12.8. The highest BCUT2D eigenvalue weighted by molar-refractivity contribution is 7.13. The summed E-state index contributed by atoms with van der Waals surface area (Å²) in [7, 11) is 0. The normalized spacial score (nSPS) is 16.1. The van der Waals surface area contributed by atoms with Gasteiger partial charge in [0.1, 0.15) is 5.69 Å². The maximum absolute atomic E-state index is 12.8. The third-order valence-electron chi connectivity index (χ3n) is 5.03. The second-order valence-corrected chi connectivity index (χ2v) is 8.32. The number of ether oxygens (including phenoxy) is 2. The minimum atomic E-state index is -0.100. The van der Waals surface area contributed by atoms with E-state index in [-0.39, 0.29) is 12.0 Å². The van der Waals surface area contributed by atoms with Crippen molar-refractivity contribution in [2.75, 3.05) is 26.4 Å². The van der Waals surface area contributed by atoms with Gasteiger partial charge in [-0.05, 0) is 36.3 Å². The van der Waals surface area contributed by atoms with Gasteiger partial charge in [-0.15, -0.1) is 11.3 Å². The van der Waals surface area contributed by atoms with E-state index < -0.39 is 0 Å². The number of hydrogen-bond donors (Lipinski definition) is 1. The van der Waals surface area contributed by atoms with Gasteiger partial charge in [-0.3, -0.25) is 9.48 Å². The molecule has 0 radical (unpaired) electrons. The average Bonchev–Trinajstić information content (AvgIpc) is 3.53. The van der Waals surface area contributed by atoms with E-state index in [1.54, 1.807) is 11.3 Å². The van der Waals surface area contributed by atoms with E-state index in [4.69, 9.17) is 14.6 Å². The lowest BCUT2D eigenvalue weighted by atomic mass is 10.2. The number of hydrogen-bond acceptors (Lipinski definition) is 5. The molecule has 1 aliphatic rings. The molecule has 1 unspecified atom stereocenters. The van der Waals surface area contributed by atoms with Crippen LogP contribution in [-0.2, 0) is 16.0 Å². The maximum Gasteiger partial charge on any atom is 0.255 e. The number of carbonyl (C=O) groups is 1. The zero-order valence-electron chi connectivity index (χ0n) is 17.0. The third kappa shape index (κ3) is 5.56. The molecule has 2 aromatic heterocycles. The van der Waals surface area contributed by atoms with Gasteiger partial charge in [-0.25, -0.2) is 0 Å². The molecule has 158 valence electrons. The number of nitrogens with one attached hydrogen (secondary N) is 1. The molecule has 1 aliphatic heterocycles. The molecule has 1 aromatic carbocycles. The van der Waals surface area contributed by atoms with Gasteiger partial charge in [0.25, 0.3) is 5.91 Å². The van der Waals surface area contributed by atoms with Gasteiger partial charge >= 0.3 is 0 Å². The first kappa shape index (κ1) is 20.8. The predicted octanol–water partition coefficient (Wildman–Crippen LogP) is 3.98. The molecule has 1 amide bonds. The summed E-state index contributed by atoms with van der Waals surface area (Å²) in [5.41, 5.74) is 2.48. The first-order valence-electron chi connectivity index (χ1n) is 10.4. The molecule has 0 saturated carbocycles. The van der Waals surface area contributed by atoms with Crippen LogP contribution in [0.3, 0.4) is 0 Å². The molecule has 0 bridgehead atoms. The van der Waals surface area contributed by atoms with Crippen molar-refractivity contribution >= 4 is 17.2 Å². The quantitative estimate of drug-likeness (QED) is 0.499. The SMILES string of the molecule is O=C(NCCCOCC1CCCO1)c1cn(Cc2ccccc2)nc1-c1cccs1. The van der Waals surface area contributed by atoms with E-state index in [0.717, 1.165) is 42.0 Å². The summed E-state index contributed by atoms with van der Waals surface area (Å²) in [5, 5.41) is 9.71. The fraction of sp³-hybridized carbons (Fsp3) is 0.391. The Hall–Kier alpha value is -2.48. The Morgan fingerprint density at radius 2 is 2.17 bits per heavy atom. The van der Waals surface area contributed by atoms with Crippen LogP contribution in [0.5, 0.6) is 0 Å². The minimum absolute atomic E-state index is 0.100. The zero-order chi connectivity index (χ0) is 20.6. The monoisotopic (exact) mass is 425 g/mol. The van der Waals surface area contributed by atoms with Crippen LogP contribution < -0.4 is 5.32 Å². The van der Waals surface area contributed by atoms with Crippen LogP contribution in [0.4, 0.5) is 0 Å². The number of rotatable bonds is 10. The smallest absolute Gasteiger partial charge is 0.255 e. The van der Waals surface area contributed by atoms with Gasteiger partial charge < -0.3 is 14.8 Å². The van der Waals surface area contributed by atoms with Crippen molar-refractivity contribution in [1.82, 2.24) is 15.1 Å². The molecule has 1 fully saturated rings. The summed E-state index contributed by atoms with van der Waals surface area (Å²) in [4.78, 5) is 13.8. The van der Waals surface area contributed by atoms with Crippen LogP contribution in [0.1, 0.15) is 35.2 Å². The fourth-order valence-electron chi connectivity index (χ4n) is 3.50. The van der Waals surface area contributed by atoms with Crippen molar-refractivity contribution < 1.29 is 14.3 Å². The summed E-state index contributed by atoms with van der Waals surface area (Å²) < 4.78 is 13.1. The van der Waals surface area contributed by atoms with Crippen LogP contribution >= 0.6 is 11.3 Å². The van der Waals surface area contributed by atoms with Crippen molar-refractivity contribution in [3.8, 4) is 10.6 Å². The van der Waals surface area contributed by atoms with Crippen molar-refractivity contribution in [3.05, 3.63) is 65.2 Å². The molecule has 3 heterocycles. The van der Waals surface area contributed by atoms with Crippen LogP contribution in [0.15, 0.2) is 54.0 Å². The molecule has 7 heteroatoms. The number of carbonyl (C=O) groups excluding carboxylic acids is 1. The van der Waals surface area contributed by atoms with Gasteiger partial charge in [-0.2, -0.15) is 5.10 Å². The van der Waals surface area contributed by atoms with Gasteiger partial charge in [0.05, 0.1) is 29.7 Å². The van der Waals surface area contributed by atoms with Gasteiger partial charge in [0.15, 0.2) is 0 Å². The van der Waals surface area contributed by atoms with Crippen molar-refractivity contribution in [2.24, 2.45) is 0 Å². The Bertz CT molecular complexity index is 919. The molecule has 6 nitrogen and oxygen atoms in total. The Labute approximate surface area is 180 Å². The molecular weight excluding hydrogens is 398 g/mol. The number of amides is 1. The van der Waals surface area contributed by atoms with E-state index in [0.29, 0.717) is 31.9 Å². The topological polar surface area (TPSA) is 65.4 Å². The highest BCUT2D eigenvalue weighted by Crippen LogP contribution is 2.27. The Morgan fingerprint density at radius 1 is 1.27 bits per heavy atom. The lowest BCUT2D eigenvalue weighted by Crippen LogP contribution is -2.26. The number of nitrogens with zero attached hydrogens (tertiary/aromatic N) is 2. The van der Waals surface area contributed by atoms with Crippen LogP contribution in [0, 0.1) is 0 Å².